The van der Waals surface area contributed by atoms with E-state index < -0.39 is 23.8 Å². The first-order valence-electron chi connectivity index (χ1n) is 8.73. The number of nitrogens with zero attached hydrogens (tertiary/aromatic N) is 2. The van der Waals surface area contributed by atoms with Crippen LogP contribution in [-0.2, 0) is 9.59 Å². The topological polar surface area (TPSA) is 103 Å². The third-order valence-electron chi connectivity index (χ3n) is 5.13. The lowest BCUT2D eigenvalue weighted by Crippen LogP contribution is -2.56. The van der Waals surface area contributed by atoms with E-state index in [1.807, 2.05) is 0 Å². The van der Waals surface area contributed by atoms with Crippen molar-refractivity contribution < 1.29 is 19.4 Å². The van der Waals surface area contributed by atoms with Crippen LogP contribution in [0.1, 0.15) is 50.8 Å². The average Bonchev–Trinajstić information content (AvgIpc) is 3.08. The van der Waals surface area contributed by atoms with E-state index in [-0.39, 0.29) is 11.8 Å². The molecule has 0 radical (unpaired) electrons. The van der Waals surface area contributed by atoms with Crippen LogP contribution in [0.5, 0.6) is 5.75 Å². The van der Waals surface area contributed by atoms with E-state index in [4.69, 9.17) is 10.00 Å². The fourth-order valence-electron chi connectivity index (χ4n) is 3.69. The Kier molecular flexibility index (Phi) is 4.63. The molecule has 0 aromatic heterocycles. The maximum Gasteiger partial charge on any atom is 0.243 e. The number of carbonyl (C=O) groups is 2. The van der Waals surface area contributed by atoms with E-state index in [1.54, 1.807) is 36.9 Å². The molecule has 2 aliphatic heterocycles. The van der Waals surface area contributed by atoms with Gasteiger partial charge in [-0.15, -0.1) is 0 Å². The van der Waals surface area contributed by atoms with Crippen LogP contribution in [0.4, 0.5) is 0 Å². The first kappa shape index (κ1) is 18.2. The number of benzene rings is 1. The molecule has 1 fully saturated rings. The molecule has 7 nitrogen and oxygen atoms in total. The molecule has 0 spiro atoms. The lowest BCUT2D eigenvalue weighted by atomic mass is 9.85. The second-order valence-electron chi connectivity index (χ2n) is 7.37. The fraction of sp³-hybridized carbons (Fsp3) is 0.526. The van der Waals surface area contributed by atoms with Gasteiger partial charge in [-0.1, -0.05) is 0 Å². The number of nitrogens with one attached hydrogen (secondary N) is 1. The molecule has 7 heteroatoms. The number of hydrogen-bond donors (Lipinski definition) is 2. The molecule has 0 saturated carbocycles. The number of fused-ring (bicyclic) bond motifs is 1. The molecule has 3 atom stereocenters. The van der Waals surface area contributed by atoms with E-state index in [0.29, 0.717) is 29.8 Å². The van der Waals surface area contributed by atoms with Gasteiger partial charge < -0.3 is 20.1 Å². The highest BCUT2D eigenvalue weighted by molar-refractivity contribution is 5.87. The van der Waals surface area contributed by atoms with E-state index in [0.717, 1.165) is 6.42 Å². The van der Waals surface area contributed by atoms with E-state index >= 15 is 0 Å². The van der Waals surface area contributed by atoms with Crippen molar-refractivity contribution >= 4 is 11.8 Å². The van der Waals surface area contributed by atoms with Gasteiger partial charge in [0, 0.05) is 19.0 Å². The van der Waals surface area contributed by atoms with Gasteiger partial charge in [-0.2, -0.15) is 5.26 Å². The Balaban J connectivity index is 1.92. The smallest absolute Gasteiger partial charge is 0.243 e. The molecule has 2 aliphatic rings. The minimum Gasteiger partial charge on any atom is -0.485 e. The predicted molar refractivity (Wildman–Crippen MR) is 93.2 cm³/mol. The van der Waals surface area contributed by atoms with Crippen molar-refractivity contribution in [2.45, 2.75) is 57.4 Å². The van der Waals surface area contributed by atoms with E-state index in [2.05, 4.69) is 11.4 Å². The quantitative estimate of drug-likeness (QED) is 0.829. The zero-order valence-corrected chi connectivity index (χ0v) is 15.2. The Labute approximate surface area is 152 Å². The summed E-state index contributed by atoms with van der Waals surface area (Å²) in [6.45, 7) is 5.50. The van der Waals surface area contributed by atoms with Crippen molar-refractivity contribution in [2.75, 3.05) is 6.54 Å². The normalized spacial score (nSPS) is 26.4. The fourth-order valence-corrected chi connectivity index (χ4v) is 3.69. The molecule has 0 aliphatic carbocycles. The largest absolute Gasteiger partial charge is 0.485 e. The van der Waals surface area contributed by atoms with Gasteiger partial charge in [0.2, 0.25) is 11.8 Å². The number of nitriles is 1. The van der Waals surface area contributed by atoms with Gasteiger partial charge in [-0.3, -0.25) is 9.59 Å². The number of likely N-dealkylation sites (tertiary alicyclic amines) is 1. The van der Waals surface area contributed by atoms with Crippen molar-refractivity contribution in [3.05, 3.63) is 29.3 Å². The highest BCUT2D eigenvalue weighted by Gasteiger charge is 2.45. The van der Waals surface area contributed by atoms with Gasteiger partial charge in [0.15, 0.2) is 0 Å². The SMILES string of the molecule is CC(=O)N1CCC[C@H]1C(=O)NC1c2cc(C#N)ccc2OC(C)(C)C1O. The molecule has 1 aromatic rings. The van der Waals surface area contributed by atoms with E-state index in [1.165, 1.54) is 6.92 Å². The monoisotopic (exact) mass is 357 g/mol. The van der Waals surface area contributed by atoms with Crippen LogP contribution in [0.3, 0.4) is 0 Å². The molecule has 138 valence electrons. The zero-order valence-electron chi connectivity index (χ0n) is 15.2. The lowest BCUT2D eigenvalue weighted by molar-refractivity contribution is -0.138. The number of hydrogen-bond acceptors (Lipinski definition) is 5. The first-order chi connectivity index (χ1) is 12.2. The first-order valence-corrected chi connectivity index (χ1v) is 8.73. The lowest BCUT2D eigenvalue weighted by Gasteiger charge is -2.42. The van der Waals surface area contributed by atoms with Crippen LogP contribution in [0.25, 0.3) is 0 Å². The van der Waals surface area contributed by atoms with Gasteiger partial charge in [0.05, 0.1) is 17.7 Å². The van der Waals surface area contributed by atoms with Crippen LogP contribution >= 0.6 is 0 Å². The minimum atomic E-state index is -1.000. The van der Waals surface area contributed by atoms with Gasteiger partial charge >= 0.3 is 0 Å². The third kappa shape index (κ3) is 3.13. The van der Waals surface area contributed by atoms with Crippen LogP contribution in [-0.4, -0.2) is 46.1 Å². The summed E-state index contributed by atoms with van der Waals surface area (Å²) in [5, 5.41) is 22.8. The molecule has 26 heavy (non-hydrogen) atoms. The molecule has 2 unspecified atom stereocenters. The Morgan fingerprint density at radius 3 is 2.81 bits per heavy atom. The van der Waals surface area contributed by atoms with Crippen molar-refractivity contribution in [1.82, 2.24) is 10.2 Å². The summed E-state index contributed by atoms with van der Waals surface area (Å²) in [5.74, 6) is 0.0925. The summed E-state index contributed by atoms with van der Waals surface area (Å²) < 4.78 is 5.85. The van der Waals surface area contributed by atoms with Crippen molar-refractivity contribution in [3.63, 3.8) is 0 Å². The summed E-state index contributed by atoms with van der Waals surface area (Å²) in [6, 6.07) is 5.75. The maximum atomic E-state index is 12.8. The summed E-state index contributed by atoms with van der Waals surface area (Å²) >= 11 is 0. The highest BCUT2D eigenvalue weighted by atomic mass is 16.5. The molecule has 1 aromatic carbocycles. The number of rotatable bonds is 2. The summed E-state index contributed by atoms with van der Waals surface area (Å²) in [4.78, 5) is 26.1. The maximum absolute atomic E-state index is 12.8. The Hall–Kier alpha value is -2.59. The van der Waals surface area contributed by atoms with Gasteiger partial charge in [-0.05, 0) is 44.9 Å². The van der Waals surface area contributed by atoms with Crippen LogP contribution < -0.4 is 10.1 Å². The van der Waals surface area contributed by atoms with Crippen molar-refractivity contribution in [2.24, 2.45) is 0 Å². The van der Waals surface area contributed by atoms with Crippen LogP contribution in [0, 0.1) is 11.3 Å². The number of aliphatic hydroxyl groups excluding tert-OH is 1. The van der Waals surface area contributed by atoms with Gasteiger partial charge in [0.25, 0.3) is 0 Å². The van der Waals surface area contributed by atoms with Crippen LogP contribution in [0.2, 0.25) is 0 Å². The molecule has 3 rings (SSSR count). The predicted octanol–water partition coefficient (Wildman–Crippen LogP) is 1.26. The summed E-state index contributed by atoms with van der Waals surface area (Å²) in [7, 11) is 0. The molecule has 2 N–H and O–H groups in total. The average molecular weight is 357 g/mol. The standard InChI is InChI=1S/C19H23N3O4/c1-11(23)22-8-4-5-14(22)18(25)21-16-13-9-12(10-20)6-7-15(13)26-19(2,3)17(16)24/h6-7,9,14,16-17,24H,4-5,8H2,1-3H3,(H,21,25)/t14-,16?,17?/m0/s1. The number of amides is 2. The molecule has 0 bridgehead atoms. The molecule has 2 heterocycles. The van der Waals surface area contributed by atoms with Gasteiger partial charge in [-0.25, -0.2) is 0 Å². The van der Waals surface area contributed by atoms with Crippen molar-refractivity contribution in [1.29, 1.82) is 5.26 Å². The molecular formula is C19H23N3O4. The zero-order chi connectivity index (χ0) is 19.1. The summed E-state index contributed by atoms with van der Waals surface area (Å²) in [5.41, 5.74) is 0.0797. The minimum absolute atomic E-state index is 0.136. The number of carbonyl (C=O) groups excluding carboxylic acids is 2. The second-order valence-corrected chi connectivity index (χ2v) is 7.37. The third-order valence-corrected chi connectivity index (χ3v) is 5.13. The van der Waals surface area contributed by atoms with Crippen LogP contribution in [0.15, 0.2) is 18.2 Å². The highest BCUT2D eigenvalue weighted by Crippen LogP contribution is 2.40. The Morgan fingerprint density at radius 1 is 1.42 bits per heavy atom. The molecule has 2 amide bonds. The number of aliphatic hydroxyl groups is 1. The second kappa shape index (κ2) is 6.61. The Bertz CT molecular complexity index is 783. The number of ether oxygens (including phenoxy) is 1. The van der Waals surface area contributed by atoms with E-state index in [9.17, 15) is 14.7 Å². The van der Waals surface area contributed by atoms with Crippen molar-refractivity contribution in [3.8, 4) is 11.8 Å². The Morgan fingerprint density at radius 2 is 2.15 bits per heavy atom. The molecular weight excluding hydrogens is 334 g/mol. The molecule has 1 saturated heterocycles. The van der Waals surface area contributed by atoms with Gasteiger partial charge in [0.1, 0.15) is 23.5 Å². The summed E-state index contributed by atoms with van der Waals surface area (Å²) in [6.07, 6.45) is 0.369.